The second-order valence-electron chi connectivity index (χ2n) is 6.33. The Kier molecular flexibility index (Phi) is 7.18. The second-order valence-corrected chi connectivity index (χ2v) is 6.33. The van der Waals surface area contributed by atoms with Crippen molar-refractivity contribution in [1.82, 2.24) is 5.43 Å². The van der Waals surface area contributed by atoms with Crippen LogP contribution in [0.25, 0.3) is 0 Å². The fraction of sp³-hybridized carbons (Fsp3) is 0.294. The molecule has 0 aliphatic carbocycles. The van der Waals surface area contributed by atoms with Gasteiger partial charge in [0.25, 0.3) is 11.8 Å². The zero-order chi connectivity index (χ0) is 20.6. The molecule has 0 radical (unpaired) electrons. The number of amides is 4. The summed E-state index contributed by atoms with van der Waals surface area (Å²) in [4.78, 5) is 46.2. The van der Waals surface area contributed by atoms with Crippen molar-refractivity contribution in [3.63, 3.8) is 0 Å². The number of anilines is 1. The van der Waals surface area contributed by atoms with Gasteiger partial charge in [-0.05, 0) is 18.6 Å². The van der Waals surface area contributed by atoms with Crippen molar-refractivity contribution in [1.29, 1.82) is 5.26 Å². The molecule has 27 heavy (non-hydrogen) atoms. The molecule has 1 rings (SSSR count). The topological polar surface area (TPSA) is 181 Å². The van der Waals surface area contributed by atoms with E-state index in [0.717, 1.165) is 0 Å². The minimum Gasteiger partial charge on any atom is -0.366 e. The lowest BCUT2D eigenvalue weighted by atomic mass is 9.82. The molecule has 10 nitrogen and oxygen atoms in total. The van der Waals surface area contributed by atoms with Crippen LogP contribution in [0, 0.1) is 22.7 Å². The van der Waals surface area contributed by atoms with E-state index in [-0.39, 0.29) is 23.4 Å². The van der Waals surface area contributed by atoms with Gasteiger partial charge in [-0.25, -0.2) is 10.2 Å². The fourth-order valence-electron chi connectivity index (χ4n) is 2.17. The smallest absolute Gasteiger partial charge is 0.332 e. The lowest BCUT2D eigenvalue weighted by Gasteiger charge is -2.21. The third-order valence-corrected chi connectivity index (χ3v) is 3.50. The molecule has 0 unspecified atom stereocenters. The van der Waals surface area contributed by atoms with Crippen LogP contribution in [0.5, 0.6) is 0 Å². The Morgan fingerprint density at radius 1 is 1.30 bits per heavy atom. The SMILES string of the molecule is CC(C)(C=O)C[C@@H](C#N)/C(=N/NC(N)=O)C(=O)Nc1ccccc1C(N)=O. The van der Waals surface area contributed by atoms with Crippen molar-refractivity contribution in [2.45, 2.75) is 20.3 Å². The zero-order valence-electron chi connectivity index (χ0n) is 14.9. The van der Waals surface area contributed by atoms with Gasteiger partial charge in [-0.3, -0.25) is 9.59 Å². The highest BCUT2D eigenvalue weighted by molar-refractivity contribution is 6.44. The van der Waals surface area contributed by atoms with Crippen LogP contribution in [0.1, 0.15) is 30.6 Å². The number of nitrogens with two attached hydrogens (primary N) is 2. The summed E-state index contributed by atoms with van der Waals surface area (Å²) >= 11 is 0. The van der Waals surface area contributed by atoms with E-state index in [0.29, 0.717) is 6.29 Å². The third-order valence-electron chi connectivity index (χ3n) is 3.50. The monoisotopic (exact) mass is 372 g/mol. The van der Waals surface area contributed by atoms with Crippen LogP contribution in [0.15, 0.2) is 29.4 Å². The molecule has 1 aromatic rings. The van der Waals surface area contributed by atoms with E-state index in [1.807, 2.05) is 11.5 Å². The second kappa shape index (κ2) is 9.10. The first-order valence-electron chi connectivity index (χ1n) is 7.80. The van der Waals surface area contributed by atoms with Gasteiger partial charge in [-0.15, -0.1) is 0 Å². The van der Waals surface area contributed by atoms with Crippen LogP contribution in [-0.2, 0) is 9.59 Å². The van der Waals surface area contributed by atoms with E-state index >= 15 is 0 Å². The Morgan fingerprint density at radius 2 is 1.93 bits per heavy atom. The number of primary amides is 2. The summed E-state index contributed by atoms with van der Waals surface area (Å²) in [5.41, 5.74) is 11.0. The number of carbonyl (C=O) groups is 4. The molecule has 142 valence electrons. The molecule has 1 aromatic carbocycles. The molecule has 0 heterocycles. The molecule has 0 saturated carbocycles. The average Bonchev–Trinajstić information content (AvgIpc) is 2.60. The highest BCUT2D eigenvalue weighted by Gasteiger charge is 2.31. The van der Waals surface area contributed by atoms with Gasteiger partial charge in [0.1, 0.15) is 12.0 Å². The Labute approximate surface area is 155 Å². The number of nitriles is 1. The summed E-state index contributed by atoms with van der Waals surface area (Å²) in [6.45, 7) is 3.17. The van der Waals surface area contributed by atoms with Crippen LogP contribution < -0.4 is 22.2 Å². The standard InChI is InChI=1S/C17H20N6O4/c1-17(2,9-24)7-10(8-18)13(22-23-16(20)27)15(26)21-12-6-4-3-5-11(12)14(19)25/h3-6,9-10H,7H2,1-2H3,(H2,19,25)(H,21,26)(H3,20,23,27)/b22-13-/t10-/m0/s1. The summed E-state index contributed by atoms with van der Waals surface area (Å²) < 4.78 is 0. The highest BCUT2D eigenvalue weighted by atomic mass is 16.2. The number of para-hydroxylation sites is 1. The Balaban J connectivity index is 3.24. The maximum absolute atomic E-state index is 12.6. The molecule has 0 aliphatic heterocycles. The molecule has 0 bridgehead atoms. The maximum atomic E-state index is 12.6. The zero-order valence-corrected chi connectivity index (χ0v) is 14.9. The normalized spacial score (nSPS) is 12.4. The van der Waals surface area contributed by atoms with E-state index in [1.54, 1.807) is 26.0 Å². The average molecular weight is 372 g/mol. The minimum absolute atomic E-state index is 0.0306. The predicted octanol–water partition coefficient (Wildman–Crippen LogP) is 0.503. The lowest BCUT2D eigenvalue weighted by Crippen LogP contribution is -2.36. The quantitative estimate of drug-likeness (QED) is 0.294. The first-order chi connectivity index (χ1) is 12.6. The number of aldehydes is 1. The Bertz CT molecular complexity index is 825. The summed E-state index contributed by atoms with van der Waals surface area (Å²) in [6, 6.07) is 6.82. The molecule has 0 saturated heterocycles. The molecule has 10 heteroatoms. The first-order valence-corrected chi connectivity index (χ1v) is 7.80. The van der Waals surface area contributed by atoms with Crippen LogP contribution in [0.4, 0.5) is 10.5 Å². The number of nitrogens with zero attached hydrogens (tertiary/aromatic N) is 2. The van der Waals surface area contributed by atoms with E-state index in [9.17, 15) is 24.4 Å². The molecule has 0 aliphatic rings. The molecule has 0 spiro atoms. The van der Waals surface area contributed by atoms with Gasteiger partial charge in [0, 0.05) is 5.41 Å². The molecule has 1 atom stereocenters. The minimum atomic E-state index is -1.13. The van der Waals surface area contributed by atoms with Crippen molar-refractivity contribution in [2.24, 2.45) is 27.9 Å². The van der Waals surface area contributed by atoms with Crippen molar-refractivity contribution in [3.8, 4) is 6.07 Å². The van der Waals surface area contributed by atoms with Crippen molar-refractivity contribution in [2.75, 3.05) is 5.32 Å². The third kappa shape index (κ3) is 6.24. The fourth-order valence-corrected chi connectivity index (χ4v) is 2.17. The van der Waals surface area contributed by atoms with Gasteiger partial charge in [0.2, 0.25) is 0 Å². The number of hydrogen-bond acceptors (Lipinski definition) is 6. The lowest BCUT2D eigenvalue weighted by molar-refractivity contribution is -0.115. The number of hydrazone groups is 1. The number of benzene rings is 1. The Morgan fingerprint density at radius 3 is 2.44 bits per heavy atom. The van der Waals surface area contributed by atoms with Crippen molar-refractivity contribution in [3.05, 3.63) is 29.8 Å². The molecular formula is C17H20N6O4. The van der Waals surface area contributed by atoms with Crippen LogP contribution in [-0.4, -0.2) is 29.8 Å². The number of urea groups is 1. The van der Waals surface area contributed by atoms with Gasteiger partial charge in [-0.2, -0.15) is 10.4 Å². The van der Waals surface area contributed by atoms with Gasteiger partial charge < -0.3 is 21.6 Å². The van der Waals surface area contributed by atoms with Crippen LogP contribution in [0.2, 0.25) is 0 Å². The highest BCUT2D eigenvalue weighted by Crippen LogP contribution is 2.24. The van der Waals surface area contributed by atoms with Gasteiger partial charge in [0.05, 0.1) is 23.2 Å². The van der Waals surface area contributed by atoms with Crippen LogP contribution in [0.3, 0.4) is 0 Å². The largest absolute Gasteiger partial charge is 0.366 e. The summed E-state index contributed by atoms with van der Waals surface area (Å²) in [6.07, 6.45) is 0.619. The number of rotatable bonds is 8. The van der Waals surface area contributed by atoms with E-state index in [2.05, 4.69) is 10.4 Å². The molecule has 4 amide bonds. The van der Waals surface area contributed by atoms with Gasteiger partial charge in [-0.1, -0.05) is 26.0 Å². The number of carbonyl (C=O) groups excluding carboxylic acids is 4. The Hall–Kier alpha value is -3.74. The van der Waals surface area contributed by atoms with Crippen molar-refractivity contribution >= 4 is 35.5 Å². The predicted molar refractivity (Wildman–Crippen MR) is 97.3 cm³/mol. The van der Waals surface area contributed by atoms with E-state index in [4.69, 9.17) is 11.5 Å². The molecule has 0 aromatic heterocycles. The number of hydrogen-bond donors (Lipinski definition) is 4. The molecule has 6 N–H and O–H groups in total. The van der Waals surface area contributed by atoms with Gasteiger partial charge >= 0.3 is 6.03 Å². The van der Waals surface area contributed by atoms with E-state index < -0.39 is 29.2 Å². The van der Waals surface area contributed by atoms with Crippen LogP contribution >= 0.6 is 0 Å². The summed E-state index contributed by atoms with van der Waals surface area (Å²) in [7, 11) is 0. The summed E-state index contributed by atoms with van der Waals surface area (Å²) in [5.74, 6) is -2.75. The number of nitrogens with one attached hydrogen (secondary N) is 2. The van der Waals surface area contributed by atoms with Crippen molar-refractivity contribution < 1.29 is 19.2 Å². The molecular weight excluding hydrogens is 352 g/mol. The van der Waals surface area contributed by atoms with E-state index in [1.165, 1.54) is 12.1 Å². The summed E-state index contributed by atoms with van der Waals surface area (Å²) in [5, 5.41) is 15.5. The first kappa shape index (κ1) is 21.3. The van der Waals surface area contributed by atoms with Gasteiger partial charge in [0.15, 0.2) is 0 Å². The maximum Gasteiger partial charge on any atom is 0.332 e. The molecule has 0 fully saturated rings.